The van der Waals surface area contributed by atoms with Gasteiger partial charge < -0.3 is 0 Å². The van der Waals surface area contributed by atoms with Crippen molar-refractivity contribution in [2.75, 3.05) is 0 Å². The number of aryl methyl sites for hydroxylation is 1. The summed E-state index contributed by atoms with van der Waals surface area (Å²) in [6, 6.07) is 11.1. The highest BCUT2D eigenvalue weighted by atomic mass is 32.2. The minimum atomic E-state index is -3.94. The highest BCUT2D eigenvalue weighted by Crippen LogP contribution is 2.09. The van der Waals surface area contributed by atoms with Crippen molar-refractivity contribution in [2.45, 2.75) is 18.2 Å². The number of carbonyl (C=O) groups is 1. The summed E-state index contributed by atoms with van der Waals surface area (Å²) in [5, 5.41) is 0. The maximum absolute atomic E-state index is 12.8. The third-order valence-electron chi connectivity index (χ3n) is 3.05. The molecule has 0 saturated carbocycles. The predicted molar refractivity (Wildman–Crippen MR) is 80.0 cm³/mol. The molecule has 0 radical (unpaired) electrons. The second-order valence-electron chi connectivity index (χ2n) is 4.56. The number of rotatable bonds is 5. The minimum absolute atomic E-state index is 0.143. The topological polar surface area (TPSA) is 75.3 Å². The molecule has 2 aromatic rings. The van der Waals surface area contributed by atoms with Crippen LogP contribution in [0.15, 0.2) is 53.4 Å². The summed E-state index contributed by atoms with van der Waals surface area (Å²) < 4.78 is 36.6. The molecule has 22 heavy (non-hydrogen) atoms. The zero-order valence-corrected chi connectivity index (χ0v) is 12.7. The minimum Gasteiger partial charge on any atom is -0.273 e. The fourth-order valence-corrected chi connectivity index (χ4v) is 2.59. The Morgan fingerprint density at radius 2 is 1.64 bits per heavy atom. The number of hydrogen-bond acceptors (Lipinski definition) is 3. The van der Waals surface area contributed by atoms with Gasteiger partial charge in [-0.15, -0.1) is 4.83 Å². The molecule has 0 heterocycles. The third-order valence-corrected chi connectivity index (χ3v) is 4.31. The summed E-state index contributed by atoms with van der Waals surface area (Å²) in [6.45, 7) is 1.99. The fraction of sp³-hybridized carbons (Fsp3) is 0.133. The van der Waals surface area contributed by atoms with Crippen LogP contribution in [0.5, 0.6) is 0 Å². The van der Waals surface area contributed by atoms with E-state index in [0.717, 1.165) is 36.2 Å². The van der Waals surface area contributed by atoms with E-state index in [2.05, 4.69) is 5.43 Å². The molecule has 0 bridgehead atoms. The number of hydrazine groups is 1. The van der Waals surface area contributed by atoms with E-state index in [-0.39, 0.29) is 4.90 Å². The van der Waals surface area contributed by atoms with E-state index in [0.29, 0.717) is 5.56 Å². The molecule has 0 saturated heterocycles. The molecular formula is C15H15FN2O3S. The largest absolute Gasteiger partial charge is 0.273 e. The first-order valence-corrected chi connectivity index (χ1v) is 8.07. The van der Waals surface area contributed by atoms with Crippen molar-refractivity contribution in [3.8, 4) is 0 Å². The lowest BCUT2D eigenvalue weighted by Gasteiger charge is -2.08. The van der Waals surface area contributed by atoms with Gasteiger partial charge in [0.05, 0.1) is 4.90 Å². The molecule has 1 amide bonds. The Morgan fingerprint density at radius 1 is 1.05 bits per heavy atom. The van der Waals surface area contributed by atoms with Gasteiger partial charge in [0.25, 0.3) is 15.9 Å². The zero-order valence-electron chi connectivity index (χ0n) is 11.8. The van der Waals surface area contributed by atoms with Crippen molar-refractivity contribution in [3.63, 3.8) is 0 Å². The molecule has 7 heteroatoms. The van der Waals surface area contributed by atoms with Crippen LogP contribution in [0.4, 0.5) is 4.39 Å². The van der Waals surface area contributed by atoms with Crippen LogP contribution >= 0.6 is 0 Å². The summed E-state index contributed by atoms with van der Waals surface area (Å²) in [4.78, 5) is 13.7. The van der Waals surface area contributed by atoms with Crippen molar-refractivity contribution < 1.29 is 17.6 Å². The lowest BCUT2D eigenvalue weighted by atomic mass is 10.1. The van der Waals surface area contributed by atoms with Crippen molar-refractivity contribution >= 4 is 15.9 Å². The smallest absolute Gasteiger partial charge is 0.266 e. The van der Waals surface area contributed by atoms with Gasteiger partial charge in [0.2, 0.25) is 0 Å². The van der Waals surface area contributed by atoms with E-state index in [1.807, 2.05) is 11.8 Å². The molecule has 0 aliphatic heterocycles. The van der Waals surface area contributed by atoms with E-state index in [4.69, 9.17) is 0 Å². The fourth-order valence-electron chi connectivity index (χ4n) is 1.75. The van der Waals surface area contributed by atoms with Crippen LogP contribution < -0.4 is 10.3 Å². The molecule has 0 fully saturated rings. The van der Waals surface area contributed by atoms with Crippen LogP contribution in [-0.2, 0) is 16.4 Å². The van der Waals surface area contributed by atoms with Crippen LogP contribution in [0, 0.1) is 5.82 Å². The molecule has 2 N–H and O–H groups in total. The number of hydrogen-bond donors (Lipinski definition) is 2. The Bertz CT molecular complexity index is 756. The molecule has 0 aliphatic carbocycles. The van der Waals surface area contributed by atoms with Crippen LogP contribution in [0.1, 0.15) is 22.8 Å². The van der Waals surface area contributed by atoms with Gasteiger partial charge in [-0.2, -0.15) is 0 Å². The van der Waals surface area contributed by atoms with Gasteiger partial charge in [0.15, 0.2) is 0 Å². The summed E-state index contributed by atoms with van der Waals surface area (Å²) in [6.07, 6.45) is 0.846. The van der Waals surface area contributed by atoms with Gasteiger partial charge >= 0.3 is 0 Å². The van der Waals surface area contributed by atoms with Crippen molar-refractivity contribution in [2.24, 2.45) is 0 Å². The Balaban J connectivity index is 2.04. The number of benzene rings is 2. The van der Waals surface area contributed by atoms with Crippen LogP contribution in [0.25, 0.3) is 0 Å². The second kappa shape index (κ2) is 6.67. The summed E-state index contributed by atoms with van der Waals surface area (Å²) in [7, 11) is -3.94. The lowest BCUT2D eigenvalue weighted by molar-refractivity contribution is 0.0945. The Hall–Kier alpha value is -2.25. The average molecular weight is 322 g/mol. The molecule has 0 atom stereocenters. The summed E-state index contributed by atoms with van der Waals surface area (Å²) in [5.41, 5.74) is 3.52. The molecule has 0 aromatic heterocycles. The number of halogens is 1. The van der Waals surface area contributed by atoms with E-state index >= 15 is 0 Å². The van der Waals surface area contributed by atoms with E-state index in [1.165, 1.54) is 0 Å². The molecule has 0 spiro atoms. The number of amides is 1. The average Bonchev–Trinajstić information content (AvgIpc) is 2.53. The van der Waals surface area contributed by atoms with Crippen LogP contribution in [0.2, 0.25) is 0 Å². The van der Waals surface area contributed by atoms with E-state index in [9.17, 15) is 17.6 Å². The molecule has 5 nitrogen and oxygen atoms in total. The van der Waals surface area contributed by atoms with Crippen molar-refractivity contribution in [1.82, 2.24) is 10.3 Å². The van der Waals surface area contributed by atoms with Gasteiger partial charge in [-0.25, -0.2) is 12.8 Å². The molecule has 0 aliphatic rings. The standard InChI is InChI=1S/C15H15FN2O3S/c1-2-11-3-5-12(6-4-11)15(19)17-18-22(20,21)14-9-7-13(16)8-10-14/h3-10,18H,2H2,1H3,(H,17,19). The maximum atomic E-state index is 12.8. The molecule has 2 aromatic carbocycles. The quantitative estimate of drug-likeness (QED) is 0.827. The first-order valence-electron chi connectivity index (χ1n) is 6.59. The Labute approximate surface area is 128 Å². The Morgan fingerprint density at radius 3 is 2.18 bits per heavy atom. The SMILES string of the molecule is CCc1ccc(C(=O)NNS(=O)(=O)c2ccc(F)cc2)cc1. The normalized spacial score (nSPS) is 11.2. The van der Waals surface area contributed by atoms with Crippen LogP contribution in [-0.4, -0.2) is 14.3 Å². The zero-order chi connectivity index (χ0) is 16.2. The first-order chi connectivity index (χ1) is 10.4. The van der Waals surface area contributed by atoms with Crippen molar-refractivity contribution in [3.05, 3.63) is 65.5 Å². The van der Waals surface area contributed by atoms with Gasteiger partial charge in [0, 0.05) is 5.56 Å². The van der Waals surface area contributed by atoms with Gasteiger partial charge in [-0.05, 0) is 48.4 Å². The molecule has 116 valence electrons. The number of nitrogens with one attached hydrogen (secondary N) is 2. The lowest BCUT2D eigenvalue weighted by Crippen LogP contribution is -2.41. The van der Waals surface area contributed by atoms with E-state index in [1.54, 1.807) is 24.3 Å². The van der Waals surface area contributed by atoms with Gasteiger partial charge in [-0.1, -0.05) is 19.1 Å². The molecule has 0 unspecified atom stereocenters. The summed E-state index contributed by atoms with van der Waals surface area (Å²) in [5.74, 6) is -1.12. The predicted octanol–water partition coefficient (Wildman–Crippen LogP) is 2.01. The van der Waals surface area contributed by atoms with Gasteiger partial charge in [-0.3, -0.25) is 10.2 Å². The molecule has 2 rings (SSSR count). The number of carbonyl (C=O) groups excluding carboxylic acids is 1. The Kier molecular flexibility index (Phi) is 4.89. The number of sulfonamides is 1. The first kappa shape index (κ1) is 16.1. The van der Waals surface area contributed by atoms with Crippen molar-refractivity contribution in [1.29, 1.82) is 0 Å². The maximum Gasteiger partial charge on any atom is 0.266 e. The summed E-state index contributed by atoms with van der Waals surface area (Å²) >= 11 is 0. The third kappa shape index (κ3) is 3.90. The second-order valence-corrected chi connectivity index (χ2v) is 6.25. The van der Waals surface area contributed by atoms with E-state index < -0.39 is 21.7 Å². The highest BCUT2D eigenvalue weighted by molar-refractivity contribution is 7.89. The highest BCUT2D eigenvalue weighted by Gasteiger charge is 2.15. The van der Waals surface area contributed by atoms with Gasteiger partial charge in [0.1, 0.15) is 5.82 Å². The van der Waals surface area contributed by atoms with Crippen LogP contribution in [0.3, 0.4) is 0 Å². The molecular weight excluding hydrogens is 307 g/mol. The monoisotopic (exact) mass is 322 g/mol.